The Labute approximate surface area is 96.4 Å². The Balaban J connectivity index is 2.58. The van der Waals surface area contributed by atoms with Crippen LogP contribution >= 0.6 is 11.6 Å². The third-order valence-electron chi connectivity index (χ3n) is 1.97. The Morgan fingerprint density at radius 1 is 1.40 bits per heavy atom. The molecule has 0 bridgehead atoms. The first-order valence-electron chi connectivity index (χ1n) is 5.03. The van der Waals surface area contributed by atoms with E-state index in [0.29, 0.717) is 11.6 Å². The van der Waals surface area contributed by atoms with Crippen LogP contribution in [0.25, 0.3) is 0 Å². The van der Waals surface area contributed by atoms with Gasteiger partial charge in [0.1, 0.15) is 0 Å². The number of hydrogen-bond acceptors (Lipinski definition) is 2. The van der Waals surface area contributed by atoms with E-state index < -0.39 is 0 Å². The van der Waals surface area contributed by atoms with E-state index in [9.17, 15) is 0 Å². The van der Waals surface area contributed by atoms with Crippen LogP contribution in [0, 0.1) is 0 Å². The van der Waals surface area contributed by atoms with Crippen LogP contribution in [0.2, 0.25) is 5.02 Å². The predicted octanol–water partition coefficient (Wildman–Crippen LogP) is 3.15. The van der Waals surface area contributed by atoms with Gasteiger partial charge in [-0.05, 0) is 38.5 Å². The summed E-state index contributed by atoms with van der Waals surface area (Å²) in [7, 11) is 0. The number of ether oxygens (including phenoxy) is 1. The molecule has 0 heterocycles. The Bertz CT molecular complexity index is 320. The smallest absolute Gasteiger partial charge is 0.0666 e. The number of benzene rings is 1. The summed E-state index contributed by atoms with van der Waals surface area (Å²) in [5, 5.41) is 0.707. The van der Waals surface area contributed by atoms with E-state index in [4.69, 9.17) is 22.1 Å². The molecule has 3 heteroatoms. The van der Waals surface area contributed by atoms with Crippen molar-refractivity contribution in [2.45, 2.75) is 32.4 Å². The molecule has 1 aromatic rings. The minimum Gasteiger partial charge on any atom is -0.374 e. The molecule has 15 heavy (non-hydrogen) atoms. The molecule has 0 aliphatic heterocycles. The lowest BCUT2D eigenvalue weighted by Gasteiger charge is -2.22. The minimum atomic E-state index is -0.157. The van der Waals surface area contributed by atoms with Gasteiger partial charge in [-0.2, -0.15) is 0 Å². The highest BCUT2D eigenvalue weighted by Gasteiger charge is 2.13. The largest absolute Gasteiger partial charge is 0.374 e. The fourth-order valence-electron chi connectivity index (χ4n) is 1.17. The van der Waals surface area contributed by atoms with Crippen LogP contribution in [0.4, 0.5) is 0 Å². The Hall–Kier alpha value is -0.570. The molecule has 1 aromatic carbocycles. The van der Waals surface area contributed by atoms with Crippen LogP contribution in [0.5, 0.6) is 0 Å². The van der Waals surface area contributed by atoms with E-state index in [-0.39, 0.29) is 11.6 Å². The van der Waals surface area contributed by atoms with E-state index in [1.165, 1.54) is 0 Å². The topological polar surface area (TPSA) is 35.2 Å². The minimum absolute atomic E-state index is 0.122. The van der Waals surface area contributed by atoms with E-state index >= 15 is 0 Å². The molecule has 84 valence electrons. The van der Waals surface area contributed by atoms with Crippen LogP contribution in [-0.4, -0.2) is 12.2 Å². The first-order chi connectivity index (χ1) is 6.88. The fraction of sp³-hybridized carbons (Fsp3) is 0.500. The summed E-state index contributed by atoms with van der Waals surface area (Å²) in [5.41, 5.74) is 6.84. The van der Waals surface area contributed by atoms with Crippen molar-refractivity contribution in [3.8, 4) is 0 Å². The Morgan fingerprint density at radius 3 is 2.60 bits per heavy atom. The van der Waals surface area contributed by atoms with Crippen LogP contribution in [0.3, 0.4) is 0 Å². The highest BCUT2D eigenvalue weighted by molar-refractivity contribution is 6.30. The normalized spacial score (nSPS) is 13.9. The zero-order valence-corrected chi connectivity index (χ0v) is 10.2. The summed E-state index contributed by atoms with van der Waals surface area (Å²) < 4.78 is 5.62. The molecular formula is C12H18ClNO. The summed E-state index contributed by atoms with van der Waals surface area (Å²) in [6, 6.07) is 7.44. The van der Waals surface area contributed by atoms with Crippen molar-refractivity contribution in [2.24, 2.45) is 5.73 Å². The van der Waals surface area contributed by atoms with Gasteiger partial charge in [0.05, 0.1) is 18.2 Å². The molecule has 0 saturated carbocycles. The van der Waals surface area contributed by atoms with Gasteiger partial charge >= 0.3 is 0 Å². The number of rotatable bonds is 3. The molecule has 0 radical (unpaired) electrons. The van der Waals surface area contributed by atoms with Crippen LogP contribution < -0.4 is 5.73 Å². The Kier molecular flexibility index (Phi) is 4.14. The molecule has 0 amide bonds. The average Bonchev–Trinajstić information content (AvgIpc) is 2.13. The van der Waals surface area contributed by atoms with Gasteiger partial charge in [-0.15, -0.1) is 0 Å². The molecule has 0 aromatic heterocycles. The molecule has 1 atom stereocenters. The standard InChI is InChI=1S/C12H18ClNO/c1-12(2,3)15-8-11(14)9-5-4-6-10(13)7-9/h4-7,11H,8,14H2,1-3H3. The molecular weight excluding hydrogens is 210 g/mol. The van der Waals surface area contributed by atoms with Gasteiger partial charge in [-0.3, -0.25) is 0 Å². The van der Waals surface area contributed by atoms with Gasteiger partial charge in [0.25, 0.3) is 0 Å². The van der Waals surface area contributed by atoms with Crippen molar-refractivity contribution in [2.75, 3.05) is 6.61 Å². The summed E-state index contributed by atoms with van der Waals surface area (Å²) in [6.07, 6.45) is 0. The van der Waals surface area contributed by atoms with E-state index in [1.54, 1.807) is 0 Å². The SMILES string of the molecule is CC(C)(C)OCC(N)c1cccc(Cl)c1. The summed E-state index contributed by atoms with van der Waals surface area (Å²) in [4.78, 5) is 0. The van der Waals surface area contributed by atoms with Crippen molar-refractivity contribution in [3.05, 3.63) is 34.9 Å². The van der Waals surface area contributed by atoms with Gasteiger partial charge in [0.2, 0.25) is 0 Å². The van der Waals surface area contributed by atoms with Gasteiger partial charge < -0.3 is 10.5 Å². The first-order valence-corrected chi connectivity index (χ1v) is 5.41. The second-order valence-corrected chi connectivity index (χ2v) is 5.02. The lowest BCUT2D eigenvalue weighted by molar-refractivity contribution is -0.0102. The molecule has 0 aliphatic carbocycles. The zero-order valence-electron chi connectivity index (χ0n) is 9.46. The molecule has 2 N–H and O–H groups in total. The fourth-order valence-corrected chi connectivity index (χ4v) is 1.37. The van der Waals surface area contributed by atoms with E-state index in [1.807, 2.05) is 45.0 Å². The maximum absolute atomic E-state index is 5.99. The number of halogens is 1. The summed E-state index contributed by atoms with van der Waals surface area (Å²) in [6.45, 7) is 6.54. The van der Waals surface area contributed by atoms with Crippen molar-refractivity contribution in [1.29, 1.82) is 0 Å². The Morgan fingerprint density at radius 2 is 2.07 bits per heavy atom. The van der Waals surface area contributed by atoms with Crippen molar-refractivity contribution >= 4 is 11.6 Å². The van der Waals surface area contributed by atoms with Crippen molar-refractivity contribution in [1.82, 2.24) is 0 Å². The number of nitrogens with two attached hydrogens (primary N) is 1. The first kappa shape index (κ1) is 12.5. The number of hydrogen-bond donors (Lipinski definition) is 1. The second kappa shape index (κ2) is 4.97. The van der Waals surface area contributed by atoms with Crippen molar-refractivity contribution in [3.63, 3.8) is 0 Å². The van der Waals surface area contributed by atoms with E-state index in [2.05, 4.69) is 0 Å². The lowest BCUT2D eigenvalue weighted by atomic mass is 10.1. The van der Waals surface area contributed by atoms with Gasteiger partial charge in [0.15, 0.2) is 0 Å². The molecule has 0 saturated heterocycles. The van der Waals surface area contributed by atoms with Crippen LogP contribution in [0.1, 0.15) is 32.4 Å². The zero-order chi connectivity index (χ0) is 11.5. The molecule has 0 aliphatic rings. The third-order valence-corrected chi connectivity index (χ3v) is 2.21. The summed E-state index contributed by atoms with van der Waals surface area (Å²) >= 11 is 5.88. The van der Waals surface area contributed by atoms with Crippen LogP contribution in [-0.2, 0) is 4.74 Å². The van der Waals surface area contributed by atoms with Crippen molar-refractivity contribution < 1.29 is 4.74 Å². The average molecular weight is 228 g/mol. The van der Waals surface area contributed by atoms with Gasteiger partial charge in [-0.1, -0.05) is 23.7 Å². The van der Waals surface area contributed by atoms with Gasteiger partial charge in [0, 0.05) is 5.02 Å². The second-order valence-electron chi connectivity index (χ2n) is 4.58. The third kappa shape index (κ3) is 4.65. The summed E-state index contributed by atoms with van der Waals surface area (Å²) in [5.74, 6) is 0. The molecule has 0 spiro atoms. The van der Waals surface area contributed by atoms with E-state index in [0.717, 1.165) is 5.56 Å². The monoisotopic (exact) mass is 227 g/mol. The molecule has 1 rings (SSSR count). The highest BCUT2D eigenvalue weighted by atomic mass is 35.5. The molecule has 0 fully saturated rings. The molecule has 2 nitrogen and oxygen atoms in total. The van der Waals surface area contributed by atoms with Gasteiger partial charge in [-0.25, -0.2) is 0 Å². The predicted molar refractivity (Wildman–Crippen MR) is 64.1 cm³/mol. The maximum Gasteiger partial charge on any atom is 0.0666 e. The molecule has 1 unspecified atom stereocenters. The quantitative estimate of drug-likeness (QED) is 0.861. The maximum atomic E-state index is 5.99. The van der Waals surface area contributed by atoms with Crippen LogP contribution in [0.15, 0.2) is 24.3 Å². The highest BCUT2D eigenvalue weighted by Crippen LogP contribution is 2.18. The lowest BCUT2D eigenvalue weighted by Crippen LogP contribution is -2.26.